The van der Waals surface area contributed by atoms with E-state index in [2.05, 4.69) is 10.2 Å². The summed E-state index contributed by atoms with van der Waals surface area (Å²) >= 11 is 0. The molecular weight excluding hydrogens is 303 g/mol. The summed E-state index contributed by atoms with van der Waals surface area (Å²) < 4.78 is 18.0. The SMILES string of the molecule is Cc1nnc(C(=O)N2CCN(C(=O)c3ccc(F)cc3)CC2)o1. The summed E-state index contributed by atoms with van der Waals surface area (Å²) in [4.78, 5) is 27.7. The van der Waals surface area contributed by atoms with Crippen molar-refractivity contribution in [2.75, 3.05) is 26.2 Å². The Hall–Kier alpha value is -2.77. The van der Waals surface area contributed by atoms with Crippen LogP contribution in [0.5, 0.6) is 0 Å². The number of hydrogen-bond acceptors (Lipinski definition) is 5. The van der Waals surface area contributed by atoms with Crippen molar-refractivity contribution in [2.45, 2.75) is 6.92 Å². The maximum atomic E-state index is 12.9. The zero-order chi connectivity index (χ0) is 16.4. The van der Waals surface area contributed by atoms with Gasteiger partial charge in [-0.1, -0.05) is 0 Å². The van der Waals surface area contributed by atoms with Gasteiger partial charge >= 0.3 is 11.8 Å². The molecule has 3 rings (SSSR count). The van der Waals surface area contributed by atoms with Gasteiger partial charge < -0.3 is 14.2 Å². The van der Waals surface area contributed by atoms with Crippen LogP contribution in [0.25, 0.3) is 0 Å². The number of aromatic nitrogens is 2. The van der Waals surface area contributed by atoms with Crippen LogP contribution in [0, 0.1) is 12.7 Å². The number of rotatable bonds is 2. The molecule has 2 aromatic rings. The Morgan fingerprint density at radius 1 is 1.00 bits per heavy atom. The van der Waals surface area contributed by atoms with Gasteiger partial charge in [-0.25, -0.2) is 4.39 Å². The minimum absolute atomic E-state index is 0.0409. The van der Waals surface area contributed by atoms with Crippen LogP contribution in [0.1, 0.15) is 26.9 Å². The quantitative estimate of drug-likeness (QED) is 0.829. The van der Waals surface area contributed by atoms with Gasteiger partial charge in [0.1, 0.15) is 5.82 Å². The minimum Gasteiger partial charge on any atom is -0.417 e. The highest BCUT2D eigenvalue weighted by Gasteiger charge is 2.28. The predicted octanol–water partition coefficient (Wildman–Crippen LogP) is 1.12. The normalized spacial score (nSPS) is 14.9. The van der Waals surface area contributed by atoms with Crippen LogP contribution in [-0.2, 0) is 0 Å². The molecule has 0 aliphatic carbocycles. The van der Waals surface area contributed by atoms with Gasteiger partial charge in [-0.15, -0.1) is 10.2 Å². The number of benzene rings is 1. The van der Waals surface area contributed by atoms with Crippen LogP contribution >= 0.6 is 0 Å². The van der Waals surface area contributed by atoms with Gasteiger partial charge in [0.15, 0.2) is 0 Å². The molecule has 2 amide bonds. The number of carbonyl (C=O) groups excluding carboxylic acids is 2. The van der Waals surface area contributed by atoms with Crippen molar-refractivity contribution < 1.29 is 18.4 Å². The van der Waals surface area contributed by atoms with Crippen LogP contribution < -0.4 is 0 Å². The third-order valence-electron chi connectivity index (χ3n) is 3.65. The molecule has 7 nitrogen and oxygen atoms in total. The molecule has 0 N–H and O–H groups in total. The Balaban J connectivity index is 1.61. The fourth-order valence-electron chi connectivity index (χ4n) is 2.41. The second-order valence-electron chi connectivity index (χ2n) is 5.22. The summed E-state index contributed by atoms with van der Waals surface area (Å²) in [6.07, 6.45) is 0. The van der Waals surface area contributed by atoms with Gasteiger partial charge in [-0.3, -0.25) is 9.59 Å². The highest BCUT2D eigenvalue weighted by Crippen LogP contribution is 2.12. The first kappa shape index (κ1) is 15.1. The van der Waals surface area contributed by atoms with Crippen LogP contribution in [0.4, 0.5) is 4.39 Å². The lowest BCUT2D eigenvalue weighted by atomic mass is 10.2. The molecule has 0 spiro atoms. The Morgan fingerprint density at radius 3 is 2.09 bits per heavy atom. The number of amides is 2. The van der Waals surface area contributed by atoms with E-state index in [0.29, 0.717) is 37.6 Å². The number of piperazine rings is 1. The molecule has 8 heteroatoms. The molecular formula is C15H15FN4O3. The van der Waals surface area contributed by atoms with Gasteiger partial charge in [-0.05, 0) is 24.3 Å². The monoisotopic (exact) mass is 318 g/mol. The second-order valence-corrected chi connectivity index (χ2v) is 5.22. The average Bonchev–Trinajstić information content (AvgIpc) is 3.01. The van der Waals surface area contributed by atoms with Gasteiger partial charge in [0, 0.05) is 38.7 Å². The summed E-state index contributed by atoms with van der Waals surface area (Å²) in [6.45, 7) is 3.17. The average molecular weight is 318 g/mol. The van der Waals surface area contributed by atoms with Crippen molar-refractivity contribution in [3.05, 3.63) is 47.4 Å². The predicted molar refractivity (Wildman–Crippen MR) is 77.2 cm³/mol. The maximum absolute atomic E-state index is 12.9. The zero-order valence-electron chi connectivity index (χ0n) is 12.5. The fourth-order valence-corrected chi connectivity index (χ4v) is 2.41. The van der Waals surface area contributed by atoms with Crippen LogP contribution in [0.3, 0.4) is 0 Å². The molecule has 0 unspecified atom stereocenters. The fraction of sp³-hybridized carbons (Fsp3) is 0.333. The summed E-state index contributed by atoms with van der Waals surface area (Å²) in [5.41, 5.74) is 0.429. The molecule has 0 radical (unpaired) electrons. The molecule has 2 heterocycles. The Labute approximate surface area is 131 Å². The van der Waals surface area contributed by atoms with Gasteiger partial charge in [0.2, 0.25) is 5.89 Å². The van der Waals surface area contributed by atoms with E-state index in [1.54, 1.807) is 16.7 Å². The highest BCUT2D eigenvalue weighted by molar-refractivity contribution is 5.94. The van der Waals surface area contributed by atoms with E-state index in [4.69, 9.17) is 4.42 Å². The lowest BCUT2D eigenvalue weighted by Gasteiger charge is -2.34. The van der Waals surface area contributed by atoms with E-state index in [-0.39, 0.29) is 23.5 Å². The van der Waals surface area contributed by atoms with Crippen molar-refractivity contribution >= 4 is 11.8 Å². The van der Waals surface area contributed by atoms with Crippen molar-refractivity contribution in [1.82, 2.24) is 20.0 Å². The molecule has 1 aliphatic heterocycles. The number of hydrogen-bond donors (Lipinski definition) is 0. The molecule has 0 saturated carbocycles. The van der Waals surface area contributed by atoms with Crippen LogP contribution in [-0.4, -0.2) is 58.0 Å². The van der Waals surface area contributed by atoms with E-state index < -0.39 is 0 Å². The van der Waals surface area contributed by atoms with E-state index in [1.165, 1.54) is 24.3 Å². The Kier molecular flexibility index (Phi) is 4.05. The molecule has 0 atom stereocenters. The lowest BCUT2D eigenvalue weighted by Crippen LogP contribution is -2.50. The van der Waals surface area contributed by atoms with Crippen LogP contribution in [0.2, 0.25) is 0 Å². The first-order valence-corrected chi connectivity index (χ1v) is 7.19. The minimum atomic E-state index is -0.383. The van der Waals surface area contributed by atoms with Crippen LogP contribution in [0.15, 0.2) is 28.7 Å². The molecule has 1 saturated heterocycles. The third kappa shape index (κ3) is 3.20. The molecule has 1 aromatic heterocycles. The van der Waals surface area contributed by atoms with Gasteiger partial charge in [0.05, 0.1) is 0 Å². The Morgan fingerprint density at radius 2 is 1.57 bits per heavy atom. The van der Waals surface area contributed by atoms with Crippen molar-refractivity contribution in [2.24, 2.45) is 0 Å². The van der Waals surface area contributed by atoms with E-state index >= 15 is 0 Å². The summed E-state index contributed by atoms with van der Waals surface area (Å²) in [7, 11) is 0. The van der Waals surface area contributed by atoms with Crippen molar-refractivity contribution in [1.29, 1.82) is 0 Å². The van der Waals surface area contributed by atoms with Gasteiger partial charge in [-0.2, -0.15) is 0 Å². The molecule has 23 heavy (non-hydrogen) atoms. The number of nitrogens with zero attached hydrogens (tertiary/aromatic N) is 4. The first-order chi connectivity index (χ1) is 11.0. The Bertz CT molecular complexity index is 721. The molecule has 120 valence electrons. The van der Waals surface area contributed by atoms with E-state index in [0.717, 1.165) is 0 Å². The van der Waals surface area contributed by atoms with Crippen molar-refractivity contribution in [3.63, 3.8) is 0 Å². The number of carbonyl (C=O) groups is 2. The van der Waals surface area contributed by atoms with Crippen molar-refractivity contribution in [3.8, 4) is 0 Å². The molecule has 0 bridgehead atoms. The smallest absolute Gasteiger partial charge is 0.311 e. The topological polar surface area (TPSA) is 79.5 Å². The third-order valence-corrected chi connectivity index (χ3v) is 3.65. The molecule has 1 aliphatic rings. The summed E-state index contributed by atoms with van der Waals surface area (Å²) in [5.74, 6) is -0.601. The highest BCUT2D eigenvalue weighted by atomic mass is 19.1. The number of aryl methyl sites for hydroxylation is 1. The first-order valence-electron chi connectivity index (χ1n) is 7.19. The molecule has 1 fully saturated rings. The zero-order valence-corrected chi connectivity index (χ0v) is 12.5. The largest absolute Gasteiger partial charge is 0.417 e. The van der Waals surface area contributed by atoms with Gasteiger partial charge in [0.25, 0.3) is 5.91 Å². The number of halogens is 1. The second kappa shape index (κ2) is 6.15. The van der Waals surface area contributed by atoms with E-state index in [1.807, 2.05) is 0 Å². The molecule has 1 aromatic carbocycles. The summed E-state index contributed by atoms with van der Waals surface area (Å²) in [6, 6.07) is 5.42. The standard InChI is InChI=1S/C15H15FN4O3/c1-10-17-18-13(23-10)15(22)20-8-6-19(7-9-20)14(21)11-2-4-12(16)5-3-11/h2-5H,6-9H2,1H3. The lowest BCUT2D eigenvalue weighted by molar-refractivity contribution is 0.0512. The summed E-state index contributed by atoms with van der Waals surface area (Å²) in [5, 5.41) is 7.34. The van der Waals surface area contributed by atoms with E-state index in [9.17, 15) is 14.0 Å². The maximum Gasteiger partial charge on any atom is 0.311 e.